The summed E-state index contributed by atoms with van der Waals surface area (Å²) in [4.78, 5) is 29.7. The van der Waals surface area contributed by atoms with Crippen molar-refractivity contribution < 1.29 is 23.2 Å². The maximum absolute atomic E-state index is 12.6. The zero-order chi connectivity index (χ0) is 20.9. The molecule has 2 heterocycles. The molecular weight excluding hydrogens is 396 g/mol. The van der Waals surface area contributed by atoms with Crippen molar-refractivity contribution >= 4 is 33.4 Å². The summed E-state index contributed by atoms with van der Waals surface area (Å²) in [6.07, 6.45) is 2.90. The molecule has 10 heteroatoms. The lowest BCUT2D eigenvalue weighted by Crippen LogP contribution is -2.52. The second-order valence-corrected chi connectivity index (χ2v) is 9.47. The lowest BCUT2D eigenvalue weighted by atomic mass is 10.1. The fourth-order valence-electron chi connectivity index (χ4n) is 3.52. The van der Waals surface area contributed by atoms with E-state index in [9.17, 15) is 18.0 Å². The van der Waals surface area contributed by atoms with Crippen molar-refractivity contribution in [1.29, 1.82) is 0 Å². The van der Waals surface area contributed by atoms with E-state index in [1.807, 2.05) is 34.1 Å². The number of hydrogen-bond acceptors (Lipinski definition) is 7. The number of hydroxylamine groups is 1. The second kappa shape index (κ2) is 9.38. The van der Waals surface area contributed by atoms with Crippen molar-refractivity contribution in [2.75, 3.05) is 62.2 Å². The summed E-state index contributed by atoms with van der Waals surface area (Å²) in [6.45, 7) is 3.57. The Balaban J connectivity index is 1.55. The van der Waals surface area contributed by atoms with Crippen LogP contribution in [0.5, 0.6) is 0 Å². The number of amides is 2. The first-order valence-corrected chi connectivity index (χ1v) is 11.4. The smallest absolute Gasteiger partial charge is 0.267 e. The summed E-state index contributed by atoms with van der Waals surface area (Å²) < 4.78 is 23.0. The fraction of sp³-hybridized carbons (Fsp3) is 0.474. The van der Waals surface area contributed by atoms with Gasteiger partial charge in [0.1, 0.15) is 0 Å². The minimum Gasteiger partial charge on any atom is -0.367 e. The van der Waals surface area contributed by atoms with Crippen LogP contribution >= 0.6 is 0 Å². The van der Waals surface area contributed by atoms with Crippen molar-refractivity contribution in [3.8, 4) is 0 Å². The van der Waals surface area contributed by atoms with Crippen LogP contribution in [0.2, 0.25) is 0 Å². The summed E-state index contributed by atoms with van der Waals surface area (Å²) in [5, 5.41) is 8.62. The molecule has 2 aliphatic heterocycles. The molecule has 0 radical (unpaired) electrons. The molecule has 0 spiro atoms. The average Bonchev–Trinajstić information content (AvgIpc) is 2.73. The van der Waals surface area contributed by atoms with E-state index in [0.717, 1.165) is 11.3 Å². The normalized spacial score (nSPS) is 20.0. The van der Waals surface area contributed by atoms with Crippen LogP contribution in [0.25, 0.3) is 6.08 Å². The molecule has 0 aromatic heterocycles. The van der Waals surface area contributed by atoms with Crippen molar-refractivity contribution in [2.45, 2.75) is 0 Å². The molecule has 2 aliphatic rings. The number of sulfone groups is 1. The molecule has 1 aromatic rings. The molecule has 0 bridgehead atoms. The Kier molecular flexibility index (Phi) is 6.88. The number of anilines is 1. The van der Waals surface area contributed by atoms with Gasteiger partial charge in [0.15, 0.2) is 9.84 Å². The van der Waals surface area contributed by atoms with Crippen molar-refractivity contribution in [2.24, 2.45) is 0 Å². The van der Waals surface area contributed by atoms with Crippen LogP contribution in [0.1, 0.15) is 5.56 Å². The standard InChI is InChI=1S/C19H26N4O5S/c24-18(20-26)6-5-16-3-1-2-4-17(16)22-7-9-23(10-8-22)19(25)15-21-11-13-29(27,28)14-12-21/h1-6,26H,7-15H2,(H,20,24). The molecule has 29 heavy (non-hydrogen) atoms. The molecule has 158 valence electrons. The van der Waals surface area contributed by atoms with Crippen molar-refractivity contribution in [3.63, 3.8) is 0 Å². The van der Waals surface area contributed by atoms with Crippen LogP contribution in [0.4, 0.5) is 5.69 Å². The van der Waals surface area contributed by atoms with E-state index < -0.39 is 15.7 Å². The predicted octanol–water partition coefficient (Wildman–Crippen LogP) is -0.416. The number of carbonyl (C=O) groups is 2. The van der Waals surface area contributed by atoms with Crippen LogP contribution in [0.15, 0.2) is 30.3 Å². The number of hydrogen-bond donors (Lipinski definition) is 2. The van der Waals surface area contributed by atoms with Crippen LogP contribution in [-0.2, 0) is 19.4 Å². The van der Waals surface area contributed by atoms with Crippen LogP contribution in [-0.4, -0.2) is 92.6 Å². The Morgan fingerprint density at radius 1 is 1.03 bits per heavy atom. The van der Waals surface area contributed by atoms with Gasteiger partial charge in [-0.05, 0) is 17.7 Å². The van der Waals surface area contributed by atoms with E-state index in [1.165, 1.54) is 6.08 Å². The Morgan fingerprint density at radius 3 is 2.34 bits per heavy atom. The van der Waals surface area contributed by atoms with Crippen LogP contribution < -0.4 is 10.4 Å². The monoisotopic (exact) mass is 422 g/mol. The minimum atomic E-state index is -2.95. The number of piperazine rings is 1. The lowest BCUT2D eigenvalue weighted by Gasteiger charge is -2.38. The molecule has 2 fully saturated rings. The van der Waals surface area contributed by atoms with Gasteiger partial charge in [-0.15, -0.1) is 0 Å². The van der Waals surface area contributed by atoms with E-state index in [0.29, 0.717) is 39.3 Å². The summed E-state index contributed by atoms with van der Waals surface area (Å²) in [5.41, 5.74) is 3.38. The van der Waals surface area contributed by atoms with E-state index >= 15 is 0 Å². The Morgan fingerprint density at radius 2 is 1.69 bits per heavy atom. The highest BCUT2D eigenvalue weighted by molar-refractivity contribution is 7.91. The van der Waals surface area contributed by atoms with Gasteiger partial charge in [-0.3, -0.25) is 19.7 Å². The molecule has 1 aromatic carbocycles. The number of benzene rings is 1. The first kappa shape index (κ1) is 21.3. The Bertz CT molecular complexity index is 864. The third-order valence-corrected chi connectivity index (χ3v) is 6.84. The number of para-hydroxylation sites is 1. The molecule has 0 unspecified atom stereocenters. The molecule has 0 saturated carbocycles. The maximum atomic E-state index is 12.6. The molecule has 2 N–H and O–H groups in total. The molecular formula is C19H26N4O5S. The highest BCUT2D eigenvalue weighted by atomic mass is 32.2. The third-order valence-electron chi connectivity index (χ3n) is 5.23. The quantitative estimate of drug-likeness (QED) is 0.377. The maximum Gasteiger partial charge on any atom is 0.267 e. The van der Waals surface area contributed by atoms with Gasteiger partial charge in [-0.1, -0.05) is 18.2 Å². The molecule has 2 saturated heterocycles. The van der Waals surface area contributed by atoms with Gasteiger partial charge in [0.2, 0.25) is 5.91 Å². The largest absolute Gasteiger partial charge is 0.367 e. The molecule has 9 nitrogen and oxygen atoms in total. The minimum absolute atomic E-state index is 0.0248. The summed E-state index contributed by atoms with van der Waals surface area (Å²) >= 11 is 0. The summed E-state index contributed by atoms with van der Waals surface area (Å²) in [7, 11) is -2.95. The summed E-state index contributed by atoms with van der Waals surface area (Å²) in [6, 6.07) is 7.64. The molecule has 0 atom stereocenters. The van der Waals surface area contributed by atoms with Gasteiger partial charge < -0.3 is 9.80 Å². The number of nitrogens with one attached hydrogen (secondary N) is 1. The number of carbonyl (C=O) groups excluding carboxylic acids is 2. The van der Waals surface area contributed by atoms with Gasteiger partial charge >= 0.3 is 0 Å². The van der Waals surface area contributed by atoms with E-state index in [4.69, 9.17) is 5.21 Å². The first-order valence-electron chi connectivity index (χ1n) is 9.54. The average molecular weight is 423 g/mol. The lowest BCUT2D eigenvalue weighted by molar-refractivity contribution is -0.132. The van der Waals surface area contributed by atoms with Crippen LogP contribution in [0, 0.1) is 0 Å². The number of rotatable bonds is 5. The zero-order valence-electron chi connectivity index (χ0n) is 16.2. The molecule has 3 rings (SSSR count). The third kappa shape index (κ3) is 5.78. The van der Waals surface area contributed by atoms with Gasteiger partial charge in [0.05, 0.1) is 18.1 Å². The van der Waals surface area contributed by atoms with Gasteiger partial charge in [-0.2, -0.15) is 0 Å². The van der Waals surface area contributed by atoms with E-state index in [-0.39, 0.29) is 24.0 Å². The molecule has 2 amide bonds. The number of nitrogens with zero attached hydrogens (tertiary/aromatic N) is 3. The second-order valence-electron chi connectivity index (χ2n) is 7.16. The topological polar surface area (TPSA) is 110 Å². The van der Waals surface area contributed by atoms with Gasteiger partial charge in [0.25, 0.3) is 5.91 Å². The highest BCUT2D eigenvalue weighted by Crippen LogP contribution is 2.23. The van der Waals surface area contributed by atoms with Crippen LogP contribution in [0.3, 0.4) is 0 Å². The first-order chi connectivity index (χ1) is 13.9. The fourth-order valence-corrected chi connectivity index (χ4v) is 4.79. The zero-order valence-corrected chi connectivity index (χ0v) is 17.0. The van der Waals surface area contributed by atoms with E-state index in [1.54, 1.807) is 11.6 Å². The van der Waals surface area contributed by atoms with Crippen molar-refractivity contribution in [3.05, 3.63) is 35.9 Å². The Labute approximate surface area is 170 Å². The predicted molar refractivity (Wildman–Crippen MR) is 109 cm³/mol. The summed E-state index contributed by atoms with van der Waals surface area (Å²) in [5.74, 6) is -0.336. The highest BCUT2D eigenvalue weighted by Gasteiger charge is 2.27. The molecule has 0 aliphatic carbocycles. The van der Waals surface area contributed by atoms with Gasteiger partial charge in [-0.25, -0.2) is 13.9 Å². The SMILES string of the molecule is O=C(C=Cc1ccccc1N1CCN(C(=O)CN2CCS(=O)(=O)CC2)CC1)NO. The van der Waals surface area contributed by atoms with Crippen molar-refractivity contribution in [1.82, 2.24) is 15.3 Å². The Hall–Kier alpha value is -2.43. The van der Waals surface area contributed by atoms with Gasteiger partial charge in [0, 0.05) is 51.0 Å². The van der Waals surface area contributed by atoms with E-state index in [2.05, 4.69) is 4.90 Å².